The summed E-state index contributed by atoms with van der Waals surface area (Å²) in [5.41, 5.74) is 5.13. The Hall–Kier alpha value is -4.19. The number of hydrogen-bond acceptors (Lipinski definition) is 3. The van der Waals surface area contributed by atoms with Crippen molar-refractivity contribution in [1.82, 2.24) is 15.2 Å². The Morgan fingerprint density at radius 1 is 0.824 bits per heavy atom. The summed E-state index contributed by atoms with van der Waals surface area (Å²) in [6.45, 7) is 0.894. The highest BCUT2D eigenvalue weighted by Crippen LogP contribution is 2.25. The van der Waals surface area contributed by atoms with Gasteiger partial charge in [-0.3, -0.25) is 19.3 Å². The van der Waals surface area contributed by atoms with Crippen molar-refractivity contribution in [2.75, 3.05) is 13.1 Å². The van der Waals surface area contributed by atoms with Crippen LogP contribution in [0.25, 0.3) is 10.9 Å². The monoisotopic (exact) mass is 451 g/mol. The molecule has 1 aromatic heterocycles. The summed E-state index contributed by atoms with van der Waals surface area (Å²) in [6.07, 6.45) is 3.61. The average molecular weight is 452 g/mol. The molecule has 0 fully saturated rings. The van der Waals surface area contributed by atoms with Gasteiger partial charge in [0.25, 0.3) is 11.8 Å². The van der Waals surface area contributed by atoms with Crippen molar-refractivity contribution >= 4 is 28.6 Å². The summed E-state index contributed by atoms with van der Waals surface area (Å²) in [4.78, 5) is 42.1. The first-order valence-corrected chi connectivity index (χ1v) is 11.4. The lowest BCUT2D eigenvalue weighted by Gasteiger charge is -2.13. The summed E-state index contributed by atoms with van der Waals surface area (Å²) in [7, 11) is 0. The predicted molar refractivity (Wildman–Crippen MR) is 131 cm³/mol. The van der Waals surface area contributed by atoms with Crippen LogP contribution < -0.4 is 5.32 Å². The third-order valence-electron chi connectivity index (χ3n) is 6.26. The Labute approximate surface area is 197 Å². The molecule has 5 rings (SSSR count). The molecule has 0 bridgehead atoms. The number of amides is 3. The molecule has 34 heavy (non-hydrogen) atoms. The molecule has 1 aliphatic rings. The van der Waals surface area contributed by atoms with E-state index >= 15 is 0 Å². The summed E-state index contributed by atoms with van der Waals surface area (Å²) in [6, 6.07) is 22.8. The Bertz CT molecular complexity index is 1340. The second-order valence-electron chi connectivity index (χ2n) is 8.51. The number of carbonyl (C=O) groups is 3. The molecule has 0 spiro atoms. The Kier molecular flexibility index (Phi) is 5.95. The number of H-pyrrole nitrogens is 1. The number of nitrogens with zero attached hydrogens (tertiary/aromatic N) is 1. The van der Waals surface area contributed by atoms with Crippen molar-refractivity contribution in [2.45, 2.75) is 19.3 Å². The fraction of sp³-hybridized carbons (Fsp3) is 0.179. The molecule has 2 heterocycles. The SMILES string of the molecule is O=C(Cc1ccccc1)NCCc1ccc2[nH]cc(CCN3C(=O)c4ccccc4C3=O)c2c1. The van der Waals surface area contributed by atoms with Gasteiger partial charge in [-0.15, -0.1) is 0 Å². The minimum atomic E-state index is -0.229. The van der Waals surface area contributed by atoms with Gasteiger partial charge in [-0.05, 0) is 53.8 Å². The van der Waals surface area contributed by atoms with Crippen LogP contribution in [-0.2, 0) is 24.1 Å². The highest BCUT2D eigenvalue weighted by molar-refractivity contribution is 6.21. The molecule has 0 aliphatic carbocycles. The molecule has 6 heteroatoms. The molecular formula is C28H25N3O3. The van der Waals surface area contributed by atoms with Gasteiger partial charge in [0.05, 0.1) is 17.5 Å². The predicted octanol–water partition coefficient (Wildman–Crippen LogP) is 3.91. The van der Waals surface area contributed by atoms with Gasteiger partial charge < -0.3 is 10.3 Å². The molecule has 4 aromatic rings. The molecule has 170 valence electrons. The number of rotatable bonds is 8. The van der Waals surface area contributed by atoms with E-state index in [-0.39, 0.29) is 17.7 Å². The van der Waals surface area contributed by atoms with E-state index < -0.39 is 0 Å². The molecular weight excluding hydrogens is 426 g/mol. The van der Waals surface area contributed by atoms with Gasteiger partial charge in [-0.2, -0.15) is 0 Å². The molecule has 0 radical (unpaired) electrons. The van der Waals surface area contributed by atoms with Crippen LogP contribution in [0.4, 0.5) is 0 Å². The second kappa shape index (κ2) is 9.35. The maximum absolute atomic E-state index is 12.6. The minimum absolute atomic E-state index is 0.00977. The number of benzene rings is 3. The highest BCUT2D eigenvalue weighted by Gasteiger charge is 2.34. The van der Waals surface area contributed by atoms with E-state index in [1.54, 1.807) is 24.3 Å². The topological polar surface area (TPSA) is 82.3 Å². The smallest absolute Gasteiger partial charge is 0.261 e. The molecule has 0 saturated carbocycles. The lowest BCUT2D eigenvalue weighted by Crippen LogP contribution is -2.31. The van der Waals surface area contributed by atoms with Crippen molar-refractivity contribution in [1.29, 1.82) is 0 Å². The van der Waals surface area contributed by atoms with Crippen LogP contribution >= 0.6 is 0 Å². The first-order chi connectivity index (χ1) is 16.6. The van der Waals surface area contributed by atoms with Gasteiger partial charge in [0.15, 0.2) is 0 Å². The zero-order chi connectivity index (χ0) is 23.5. The number of carbonyl (C=O) groups excluding carboxylic acids is 3. The number of aromatic nitrogens is 1. The maximum Gasteiger partial charge on any atom is 0.261 e. The van der Waals surface area contributed by atoms with Crippen LogP contribution in [0, 0.1) is 0 Å². The van der Waals surface area contributed by atoms with Gasteiger partial charge in [-0.25, -0.2) is 0 Å². The number of hydrogen-bond donors (Lipinski definition) is 2. The summed E-state index contributed by atoms with van der Waals surface area (Å²) >= 11 is 0. The molecule has 3 amide bonds. The zero-order valence-corrected chi connectivity index (χ0v) is 18.7. The number of aromatic amines is 1. The maximum atomic E-state index is 12.6. The van der Waals surface area contributed by atoms with E-state index in [2.05, 4.69) is 22.4 Å². The molecule has 3 aromatic carbocycles. The van der Waals surface area contributed by atoms with Crippen molar-refractivity contribution < 1.29 is 14.4 Å². The molecule has 1 aliphatic heterocycles. The summed E-state index contributed by atoms with van der Waals surface area (Å²) < 4.78 is 0. The van der Waals surface area contributed by atoms with E-state index in [4.69, 9.17) is 0 Å². The van der Waals surface area contributed by atoms with Crippen LogP contribution in [0.2, 0.25) is 0 Å². The van der Waals surface area contributed by atoms with E-state index in [0.717, 1.165) is 34.0 Å². The summed E-state index contributed by atoms with van der Waals surface area (Å²) in [5.74, 6) is -0.449. The lowest BCUT2D eigenvalue weighted by atomic mass is 10.0. The highest BCUT2D eigenvalue weighted by atomic mass is 16.2. The van der Waals surface area contributed by atoms with Gasteiger partial charge in [0, 0.05) is 30.2 Å². The van der Waals surface area contributed by atoms with Crippen molar-refractivity contribution in [3.63, 3.8) is 0 Å². The molecule has 0 atom stereocenters. The molecule has 2 N–H and O–H groups in total. The fourth-order valence-electron chi connectivity index (χ4n) is 4.45. The lowest BCUT2D eigenvalue weighted by molar-refractivity contribution is -0.120. The first kappa shape index (κ1) is 21.6. The van der Waals surface area contributed by atoms with Crippen molar-refractivity contribution in [2.24, 2.45) is 0 Å². The van der Waals surface area contributed by atoms with Gasteiger partial charge in [-0.1, -0.05) is 48.5 Å². The Balaban J connectivity index is 1.20. The average Bonchev–Trinajstić information content (AvgIpc) is 3.36. The second-order valence-corrected chi connectivity index (χ2v) is 8.51. The van der Waals surface area contributed by atoms with Gasteiger partial charge in [0.1, 0.15) is 0 Å². The standard InChI is InChI=1S/C28H25N3O3/c32-26(17-19-6-2-1-3-7-19)29-14-12-20-10-11-25-24(16-20)21(18-30-25)13-15-31-27(33)22-8-4-5-9-23(22)28(31)34/h1-11,16,18,30H,12-15,17H2,(H,29,32). The number of imide groups is 1. The zero-order valence-electron chi connectivity index (χ0n) is 18.7. The quantitative estimate of drug-likeness (QED) is 0.399. The van der Waals surface area contributed by atoms with E-state index in [9.17, 15) is 14.4 Å². The normalized spacial score (nSPS) is 12.9. The Morgan fingerprint density at radius 2 is 1.53 bits per heavy atom. The van der Waals surface area contributed by atoms with Crippen molar-refractivity contribution in [3.05, 3.63) is 107 Å². The number of nitrogens with one attached hydrogen (secondary N) is 2. The van der Waals surface area contributed by atoms with E-state index in [1.165, 1.54) is 4.90 Å². The van der Waals surface area contributed by atoms with E-state index in [1.807, 2.05) is 42.6 Å². The molecule has 0 unspecified atom stereocenters. The summed E-state index contributed by atoms with van der Waals surface area (Å²) in [5, 5.41) is 4.06. The largest absolute Gasteiger partial charge is 0.361 e. The van der Waals surface area contributed by atoms with Gasteiger partial charge >= 0.3 is 0 Å². The molecule has 0 saturated heterocycles. The van der Waals surface area contributed by atoms with Crippen LogP contribution in [0.1, 0.15) is 37.4 Å². The van der Waals surface area contributed by atoms with Gasteiger partial charge in [0.2, 0.25) is 5.91 Å². The van der Waals surface area contributed by atoms with Crippen molar-refractivity contribution in [3.8, 4) is 0 Å². The Morgan fingerprint density at radius 3 is 2.26 bits per heavy atom. The van der Waals surface area contributed by atoms with Crippen LogP contribution in [0.3, 0.4) is 0 Å². The van der Waals surface area contributed by atoms with Crippen LogP contribution in [0.15, 0.2) is 79.0 Å². The third kappa shape index (κ3) is 4.35. The molecule has 6 nitrogen and oxygen atoms in total. The first-order valence-electron chi connectivity index (χ1n) is 11.4. The fourth-order valence-corrected chi connectivity index (χ4v) is 4.45. The third-order valence-corrected chi connectivity index (χ3v) is 6.26. The number of fused-ring (bicyclic) bond motifs is 2. The minimum Gasteiger partial charge on any atom is -0.361 e. The van der Waals surface area contributed by atoms with Crippen LogP contribution in [0.5, 0.6) is 0 Å². The van der Waals surface area contributed by atoms with Crippen LogP contribution in [-0.4, -0.2) is 40.7 Å². The van der Waals surface area contributed by atoms with E-state index in [0.29, 0.717) is 37.1 Å².